The molecule has 1 N–H and O–H groups in total. The van der Waals surface area contributed by atoms with Crippen LogP contribution in [0.3, 0.4) is 0 Å². The van der Waals surface area contributed by atoms with E-state index < -0.39 is 6.10 Å². The molecule has 2 aromatic rings. The number of methoxy groups -OCH3 is 1. The fourth-order valence-corrected chi connectivity index (χ4v) is 2.80. The average molecular weight is 287 g/mol. The number of rotatable bonds is 4. The van der Waals surface area contributed by atoms with Crippen LogP contribution < -0.4 is 4.74 Å². The van der Waals surface area contributed by atoms with Crippen LogP contribution in [-0.2, 0) is 6.42 Å². The monoisotopic (exact) mass is 286 g/mol. The Balaban J connectivity index is 2.18. The van der Waals surface area contributed by atoms with Crippen LogP contribution in [0.25, 0.3) is 0 Å². The highest BCUT2D eigenvalue weighted by molar-refractivity contribution is 7.10. The van der Waals surface area contributed by atoms with Gasteiger partial charge in [0.15, 0.2) is 0 Å². The van der Waals surface area contributed by atoms with Gasteiger partial charge in [-0.1, -0.05) is 17.7 Å². The number of aliphatic hydroxyl groups excluding tert-OH is 1. The molecule has 0 aliphatic heterocycles. The van der Waals surface area contributed by atoms with Gasteiger partial charge in [-0.3, -0.25) is 0 Å². The lowest BCUT2D eigenvalue weighted by Gasteiger charge is -2.12. The SMILES string of the molecule is COc1ccsc1C(O)Cc1ccc(F)cc1Cl. The largest absolute Gasteiger partial charge is 0.495 e. The quantitative estimate of drug-likeness (QED) is 0.926. The standard InChI is InChI=1S/C13H12ClFO2S/c1-17-12-4-5-18-13(12)11(16)6-8-2-3-9(15)7-10(8)14/h2-5,7,11,16H,6H2,1H3. The molecule has 2 nitrogen and oxygen atoms in total. The number of ether oxygens (including phenoxy) is 1. The smallest absolute Gasteiger partial charge is 0.135 e. The molecule has 0 bridgehead atoms. The number of thiophene rings is 1. The second kappa shape index (κ2) is 5.69. The van der Waals surface area contributed by atoms with Crippen LogP contribution in [0.4, 0.5) is 4.39 Å². The van der Waals surface area contributed by atoms with Crippen molar-refractivity contribution >= 4 is 22.9 Å². The third kappa shape index (κ3) is 2.83. The van der Waals surface area contributed by atoms with Gasteiger partial charge in [0.1, 0.15) is 11.6 Å². The molecule has 0 aliphatic carbocycles. The van der Waals surface area contributed by atoms with Crippen molar-refractivity contribution in [2.24, 2.45) is 0 Å². The van der Waals surface area contributed by atoms with Gasteiger partial charge < -0.3 is 9.84 Å². The minimum atomic E-state index is -0.706. The molecule has 0 saturated carbocycles. The van der Waals surface area contributed by atoms with E-state index in [-0.39, 0.29) is 5.82 Å². The van der Waals surface area contributed by atoms with E-state index in [2.05, 4.69) is 0 Å². The first kappa shape index (κ1) is 13.3. The molecule has 1 heterocycles. The Bertz CT molecular complexity index is 542. The molecule has 0 fully saturated rings. The maximum atomic E-state index is 12.9. The fraction of sp³-hybridized carbons (Fsp3) is 0.231. The zero-order valence-electron chi connectivity index (χ0n) is 9.69. The second-order valence-electron chi connectivity index (χ2n) is 3.81. The molecule has 0 aliphatic rings. The molecule has 96 valence electrons. The topological polar surface area (TPSA) is 29.5 Å². The van der Waals surface area contributed by atoms with Crippen molar-refractivity contribution < 1.29 is 14.2 Å². The summed E-state index contributed by atoms with van der Waals surface area (Å²) in [5.74, 6) is 0.276. The maximum absolute atomic E-state index is 12.9. The minimum absolute atomic E-state index is 0.324. The molecule has 5 heteroatoms. The van der Waals surface area contributed by atoms with Crippen LogP contribution in [0.1, 0.15) is 16.5 Å². The first-order valence-electron chi connectivity index (χ1n) is 5.35. The molecular formula is C13H12ClFO2S. The highest BCUT2D eigenvalue weighted by Crippen LogP contribution is 2.33. The summed E-state index contributed by atoms with van der Waals surface area (Å²) in [5, 5.41) is 12.3. The van der Waals surface area contributed by atoms with Gasteiger partial charge in [-0.25, -0.2) is 4.39 Å². The average Bonchev–Trinajstić information content (AvgIpc) is 2.81. The minimum Gasteiger partial charge on any atom is -0.495 e. The molecule has 0 saturated heterocycles. The summed E-state index contributed by atoms with van der Waals surface area (Å²) in [6.45, 7) is 0. The lowest BCUT2D eigenvalue weighted by Crippen LogP contribution is -2.02. The number of aliphatic hydroxyl groups is 1. The predicted octanol–water partition coefficient (Wildman–Crippen LogP) is 3.83. The number of hydrogen-bond donors (Lipinski definition) is 1. The highest BCUT2D eigenvalue weighted by atomic mass is 35.5. The van der Waals surface area contributed by atoms with Crippen LogP contribution in [0, 0.1) is 5.82 Å². The van der Waals surface area contributed by atoms with Crippen molar-refractivity contribution in [1.82, 2.24) is 0 Å². The molecule has 1 aromatic heterocycles. The van der Waals surface area contributed by atoms with Gasteiger partial charge in [-0.05, 0) is 29.1 Å². The molecule has 0 amide bonds. The van der Waals surface area contributed by atoms with Crippen molar-refractivity contribution in [2.75, 3.05) is 7.11 Å². The van der Waals surface area contributed by atoms with Crippen molar-refractivity contribution in [3.05, 3.63) is 50.9 Å². The summed E-state index contributed by atoms with van der Waals surface area (Å²) >= 11 is 7.35. The molecule has 1 atom stereocenters. The summed E-state index contributed by atoms with van der Waals surface area (Å²) in [6.07, 6.45) is -0.376. The molecule has 18 heavy (non-hydrogen) atoms. The lowest BCUT2D eigenvalue weighted by molar-refractivity contribution is 0.178. The van der Waals surface area contributed by atoms with Crippen molar-refractivity contribution in [3.63, 3.8) is 0 Å². The van der Waals surface area contributed by atoms with Gasteiger partial charge in [0.2, 0.25) is 0 Å². The summed E-state index contributed by atoms with van der Waals surface area (Å²) in [6, 6.07) is 5.96. The fourth-order valence-electron chi connectivity index (χ4n) is 1.71. The van der Waals surface area contributed by atoms with Gasteiger partial charge in [-0.2, -0.15) is 0 Å². The van der Waals surface area contributed by atoms with E-state index in [4.69, 9.17) is 16.3 Å². The molecule has 2 rings (SSSR count). The summed E-state index contributed by atoms with van der Waals surface area (Å²) in [5.41, 5.74) is 0.709. The van der Waals surface area contributed by atoms with E-state index in [0.29, 0.717) is 22.8 Å². The van der Waals surface area contributed by atoms with E-state index >= 15 is 0 Å². The Hall–Kier alpha value is -1.10. The van der Waals surface area contributed by atoms with Crippen LogP contribution in [0.2, 0.25) is 5.02 Å². The van der Waals surface area contributed by atoms with Gasteiger partial charge >= 0.3 is 0 Å². The predicted molar refractivity (Wildman–Crippen MR) is 70.9 cm³/mol. The number of halogens is 2. The van der Waals surface area contributed by atoms with Gasteiger partial charge in [0.05, 0.1) is 18.1 Å². The lowest BCUT2D eigenvalue weighted by atomic mass is 10.1. The normalized spacial score (nSPS) is 12.4. The number of hydrogen-bond acceptors (Lipinski definition) is 3. The number of benzene rings is 1. The van der Waals surface area contributed by atoms with E-state index in [9.17, 15) is 9.50 Å². The van der Waals surface area contributed by atoms with Gasteiger partial charge in [0, 0.05) is 11.4 Å². The zero-order valence-corrected chi connectivity index (χ0v) is 11.3. The maximum Gasteiger partial charge on any atom is 0.135 e. The van der Waals surface area contributed by atoms with Gasteiger partial charge in [-0.15, -0.1) is 11.3 Å². The second-order valence-corrected chi connectivity index (χ2v) is 5.16. The zero-order chi connectivity index (χ0) is 13.1. The first-order valence-corrected chi connectivity index (χ1v) is 6.61. The Labute approximate surface area is 114 Å². The van der Waals surface area contributed by atoms with E-state index in [0.717, 1.165) is 4.88 Å². The van der Waals surface area contributed by atoms with Crippen LogP contribution >= 0.6 is 22.9 Å². The highest BCUT2D eigenvalue weighted by Gasteiger charge is 2.16. The first-order chi connectivity index (χ1) is 8.61. The third-order valence-electron chi connectivity index (χ3n) is 2.61. The van der Waals surface area contributed by atoms with Gasteiger partial charge in [0.25, 0.3) is 0 Å². The Morgan fingerprint density at radius 1 is 1.44 bits per heavy atom. The van der Waals surface area contributed by atoms with Crippen LogP contribution in [-0.4, -0.2) is 12.2 Å². The van der Waals surface area contributed by atoms with Crippen molar-refractivity contribution in [3.8, 4) is 5.75 Å². The molecule has 1 unspecified atom stereocenters. The summed E-state index contributed by atoms with van der Waals surface area (Å²) in [4.78, 5) is 0.748. The van der Waals surface area contributed by atoms with E-state index in [1.807, 2.05) is 5.38 Å². The molecular weight excluding hydrogens is 275 g/mol. The molecule has 0 radical (unpaired) electrons. The van der Waals surface area contributed by atoms with Crippen LogP contribution in [0.5, 0.6) is 5.75 Å². The Kier molecular flexibility index (Phi) is 4.22. The van der Waals surface area contributed by atoms with Crippen molar-refractivity contribution in [1.29, 1.82) is 0 Å². The summed E-state index contributed by atoms with van der Waals surface area (Å²) < 4.78 is 18.1. The molecule has 0 spiro atoms. The Morgan fingerprint density at radius 3 is 2.89 bits per heavy atom. The van der Waals surface area contributed by atoms with E-state index in [1.165, 1.54) is 23.5 Å². The van der Waals surface area contributed by atoms with Crippen LogP contribution in [0.15, 0.2) is 29.6 Å². The van der Waals surface area contributed by atoms with E-state index in [1.54, 1.807) is 19.2 Å². The summed E-state index contributed by atoms with van der Waals surface area (Å²) in [7, 11) is 1.56. The Morgan fingerprint density at radius 2 is 2.22 bits per heavy atom. The molecule has 1 aromatic carbocycles. The third-order valence-corrected chi connectivity index (χ3v) is 3.96. The van der Waals surface area contributed by atoms with Crippen molar-refractivity contribution in [2.45, 2.75) is 12.5 Å².